The van der Waals surface area contributed by atoms with Gasteiger partial charge in [-0.15, -0.1) is 0 Å². The number of nitrogens with zero attached hydrogens (tertiary/aromatic N) is 1. The molecule has 0 aromatic heterocycles. The number of carbonyl (C=O) groups is 2. The normalized spacial score (nSPS) is 19.5. The molecule has 1 unspecified atom stereocenters. The van der Waals surface area contributed by atoms with Gasteiger partial charge in [-0.25, -0.2) is 4.79 Å². The predicted molar refractivity (Wildman–Crippen MR) is 79.0 cm³/mol. The summed E-state index contributed by atoms with van der Waals surface area (Å²) in [5.41, 5.74) is 6.53. The first kappa shape index (κ1) is 14.5. The molecular formula is C15H13ClN2O4. The third-order valence-electron chi connectivity index (χ3n) is 3.32. The van der Waals surface area contributed by atoms with Crippen molar-refractivity contribution in [2.45, 2.75) is 13.2 Å². The molecule has 0 spiro atoms. The summed E-state index contributed by atoms with van der Waals surface area (Å²) in [5, 5.41) is 0.436. The maximum Gasteiger partial charge on any atom is 0.340 e. The van der Waals surface area contributed by atoms with Crippen LogP contribution < -0.4 is 10.5 Å². The number of esters is 1. The second-order valence-electron chi connectivity index (χ2n) is 4.75. The Balaban J connectivity index is 1.99. The van der Waals surface area contributed by atoms with E-state index >= 15 is 0 Å². The van der Waals surface area contributed by atoms with Gasteiger partial charge in [0.05, 0.1) is 23.4 Å². The molecule has 2 N–H and O–H groups in total. The van der Waals surface area contributed by atoms with Gasteiger partial charge in [0.15, 0.2) is 6.23 Å². The number of ether oxygens (including phenoxy) is 2. The van der Waals surface area contributed by atoms with Crippen molar-refractivity contribution in [1.29, 1.82) is 0 Å². The van der Waals surface area contributed by atoms with Crippen molar-refractivity contribution in [1.82, 2.24) is 4.90 Å². The molecule has 0 saturated carbocycles. The van der Waals surface area contributed by atoms with Crippen LogP contribution in [0.25, 0.3) is 0 Å². The van der Waals surface area contributed by atoms with E-state index in [1.807, 2.05) is 0 Å². The zero-order valence-corrected chi connectivity index (χ0v) is 12.5. The fraction of sp³-hybridized carbons (Fsp3) is 0.200. The molecule has 22 heavy (non-hydrogen) atoms. The molecule has 2 heterocycles. The Morgan fingerprint density at radius 1 is 1.50 bits per heavy atom. The van der Waals surface area contributed by atoms with Gasteiger partial charge < -0.3 is 15.2 Å². The molecule has 1 atom stereocenters. The Labute approximate surface area is 131 Å². The number of amides is 1. The van der Waals surface area contributed by atoms with Crippen LogP contribution in [-0.4, -0.2) is 29.6 Å². The van der Waals surface area contributed by atoms with Crippen LogP contribution in [0.3, 0.4) is 0 Å². The van der Waals surface area contributed by atoms with E-state index < -0.39 is 12.2 Å². The summed E-state index contributed by atoms with van der Waals surface area (Å²) in [6.45, 7) is 1.94. The van der Waals surface area contributed by atoms with Gasteiger partial charge in [0.2, 0.25) is 0 Å². The van der Waals surface area contributed by atoms with E-state index in [4.69, 9.17) is 26.8 Å². The van der Waals surface area contributed by atoms with Crippen LogP contribution in [0.1, 0.15) is 17.3 Å². The van der Waals surface area contributed by atoms with E-state index in [-0.39, 0.29) is 23.8 Å². The predicted octanol–water partition coefficient (Wildman–Crippen LogP) is 1.80. The van der Waals surface area contributed by atoms with Crippen molar-refractivity contribution in [3.63, 3.8) is 0 Å². The first-order valence-electron chi connectivity index (χ1n) is 6.66. The van der Waals surface area contributed by atoms with Gasteiger partial charge in [-0.1, -0.05) is 11.6 Å². The second kappa shape index (κ2) is 5.38. The molecule has 0 radical (unpaired) electrons. The number of fused-ring (bicyclic) bond motifs is 2. The van der Waals surface area contributed by atoms with Crippen LogP contribution >= 0.6 is 11.6 Å². The second-order valence-corrected chi connectivity index (χ2v) is 5.18. The Kier molecular flexibility index (Phi) is 3.54. The molecule has 0 fully saturated rings. The van der Waals surface area contributed by atoms with Crippen LogP contribution in [0.15, 0.2) is 41.7 Å². The molecule has 6 nitrogen and oxygen atoms in total. The highest BCUT2D eigenvalue weighted by Gasteiger charge is 2.36. The molecule has 7 heteroatoms. The minimum atomic E-state index is -0.743. The van der Waals surface area contributed by atoms with Crippen molar-refractivity contribution in [3.8, 4) is 5.75 Å². The monoisotopic (exact) mass is 320 g/mol. The average Bonchev–Trinajstić information content (AvgIpc) is 2.49. The third-order valence-corrected chi connectivity index (χ3v) is 3.56. The average molecular weight is 321 g/mol. The van der Waals surface area contributed by atoms with Crippen LogP contribution in [0, 0.1) is 0 Å². The lowest BCUT2D eigenvalue weighted by molar-refractivity contribution is -0.138. The van der Waals surface area contributed by atoms with Gasteiger partial charge in [0.25, 0.3) is 5.91 Å². The highest BCUT2D eigenvalue weighted by atomic mass is 35.5. The zero-order valence-electron chi connectivity index (χ0n) is 11.7. The Hall–Kier alpha value is -2.47. The molecule has 1 amide bonds. The maximum atomic E-state index is 12.5. The summed E-state index contributed by atoms with van der Waals surface area (Å²) in [6, 6.07) is 4.78. The van der Waals surface area contributed by atoms with Crippen molar-refractivity contribution in [2.75, 3.05) is 6.61 Å². The topological polar surface area (TPSA) is 81.9 Å². The molecule has 114 valence electrons. The number of benzene rings is 1. The number of halogens is 1. The van der Waals surface area contributed by atoms with Crippen LogP contribution in [0.5, 0.6) is 5.75 Å². The maximum absolute atomic E-state index is 12.5. The summed E-state index contributed by atoms with van der Waals surface area (Å²) in [4.78, 5) is 25.7. The standard InChI is InChI=1S/C15H13ClN2O4/c1-2-21-15(20)9-6-13-18(7-11(9)17)14(19)10-5-8(16)3-4-12(10)22-13/h3-7,13H,2,17H2,1H3. The number of hydrogen-bond donors (Lipinski definition) is 1. The highest BCUT2D eigenvalue weighted by molar-refractivity contribution is 6.31. The minimum Gasteiger partial charge on any atom is -0.466 e. The van der Waals surface area contributed by atoms with E-state index in [0.29, 0.717) is 16.3 Å². The van der Waals surface area contributed by atoms with Crippen LogP contribution in [0.4, 0.5) is 0 Å². The smallest absolute Gasteiger partial charge is 0.340 e. The lowest BCUT2D eigenvalue weighted by atomic mass is 10.1. The SMILES string of the molecule is CCOC(=O)C1=CC2Oc3ccc(Cl)cc3C(=O)N2C=C1N. The molecule has 1 aromatic carbocycles. The Morgan fingerprint density at radius 2 is 2.27 bits per heavy atom. The van der Waals surface area contributed by atoms with Gasteiger partial charge in [0, 0.05) is 11.2 Å². The van der Waals surface area contributed by atoms with E-state index in [1.165, 1.54) is 23.2 Å². The van der Waals surface area contributed by atoms with E-state index in [0.717, 1.165) is 0 Å². The largest absolute Gasteiger partial charge is 0.466 e. The lowest BCUT2D eigenvalue weighted by Crippen LogP contribution is -2.46. The van der Waals surface area contributed by atoms with Crippen LogP contribution in [-0.2, 0) is 9.53 Å². The number of hydrogen-bond acceptors (Lipinski definition) is 5. The van der Waals surface area contributed by atoms with Gasteiger partial charge in [-0.3, -0.25) is 9.69 Å². The van der Waals surface area contributed by atoms with Gasteiger partial charge in [-0.2, -0.15) is 0 Å². The van der Waals surface area contributed by atoms with Gasteiger partial charge >= 0.3 is 5.97 Å². The van der Waals surface area contributed by atoms with Crippen molar-refractivity contribution in [2.24, 2.45) is 5.73 Å². The van der Waals surface area contributed by atoms with E-state index in [2.05, 4.69) is 0 Å². The summed E-state index contributed by atoms with van der Waals surface area (Å²) in [6.07, 6.45) is 2.11. The molecule has 0 saturated heterocycles. The van der Waals surface area contributed by atoms with E-state index in [1.54, 1.807) is 19.1 Å². The van der Waals surface area contributed by atoms with Gasteiger partial charge in [0.1, 0.15) is 5.75 Å². The molecule has 3 rings (SSSR count). The first-order chi connectivity index (χ1) is 10.5. The van der Waals surface area contributed by atoms with Crippen molar-refractivity contribution >= 4 is 23.5 Å². The fourth-order valence-corrected chi connectivity index (χ4v) is 2.49. The Bertz CT molecular complexity index is 726. The number of nitrogens with two attached hydrogens (primary N) is 1. The number of rotatable bonds is 2. The number of carbonyl (C=O) groups excluding carboxylic acids is 2. The zero-order chi connectivity index (χ0) is 15.9. The third kappa shape index (κ3) is 2.31. The van der Waals surface area contributed by atoms with Gasteiger partial charge in [-0.05, 0) is 31.2 Å². The summed E-state index contributed by atoms with van der Waals surface area (Å²) >= 11 is 5.91. The quantitative estimate of drug-likeness (QED) is 0.840. The molecular weight excluding hydrogens is 308 g/mol. The summed E-state index contributed by atoms with van der Waals surface area (Å²) in [5.74, 6) is -0.436. The van der Waals surface area contributed by atoms with Crippen molar-refractivity contribution < 1.29 is 19.1 Å². The van der Waals surface area contributed by atoms with Crippen LogP contribution in [0.2, 0.25) is 5.02 Å². The Morgan fingerprint density at radius 3 is 3.00 bits per heavy atom. The summed E-state index contributed by atoms with van der Waals surface area (Å²) < 4.78 is 10.7. The fourth-order valence-electron chi connectivity index (χ4n) is 2.31. The highest BCUT2D eigenvalue weighted by Crippen LogP contribution is 2.33. The van der Waals surface area contributed by atoms with E-state index in [9.17, 15) is 9.59 Å². The molecule has 2 aliphatic heterocycles. The minimum absolute atomic E-state index is 0.150. The molecule has 0 bridgehead atoms. The molecule has 1 aromatic rings. The summed E-state index contributed by atoms with van der Waals surface area (Å²) in [7, 11) is 0. The molecule has 0 aliphatic carbocycles. The first-order valence-corrected chi connectivity index (χ1v) is 7.04. The van der Waals surface area contributed by atoms with Crippen molar-refractivity contribution in [3.05, 3.63) is 52.3 Å². The lowest BCUT2D eigenvalue weighted by Gasteiger charge is -2.35. The molecule has 2 aliphatic rings.